The summed E-state index contributed by atoms with van der Waals surface area (Å²) in [6.07, 6.45) is 0. The highest BCUT2D eigenvalue weighted by atomic mass is 35.5. The number of rotatable bonds is 0. The predicted octanol–water partition coefficient (Wildman–Crippen LogP) is 5.95. The van der Waals surface area contributed by atoms with Gasteiger partial charge >= 0.3 is 0 Å². The molecule has 3 aromatic rings. The van der Waals surface area contributed by atoms with Gasteiger partial charge in [-0.2, -0.15) is 0 Å². The van der Waals surface area contributed by atoms with E-state index < -0.39 is 0 Å². The topological polar surface area (TPSA) is 0 Å². The van der Waals surface area contributed by atoms with Gasteiger partial charge in [-0.3, -0.25) is 0 Å². The SMILES string of the molecule is Clc1cc(Cl)c2c(Cl)cc3ccccc3c2c1. The first-order valence-electron chi connectivity index (χ1n) is 5.13. The van der Waals surface area contributed by atoms with Gasteiger partial charge in [0.1, 0.15) is 0 Å². The lowest BCUT2D eigenvalue weighted by Crippen LogP contribution is -1.81. The van der Waals surface area contributed by atoms with Crippen molar-refractivity contribution in [2.24, 2.45) is 0 Å². The molecule has 0 radical (unpaired) electrons. The first-order chi connectivity index (χ1) is 8.16. The summed E-state index contributed by atoms with van der Waals surface area (Å²) in [4.78, 5) is 0. The molecule has 0 fully saturated rings. The van der Waals surface area contributed by atoms with Crippen LogP contribution in [0.1, 0.15) is 0 Å². The Labute approximate surface area is 114 Å². The standard InChI is InChI=1S/C14H7Cl3/c15-9-6-11-10-4-2-1-3-8(10)5-12(16)14(11)13(17)7-9/h1-7H. The highest BCUT2D eigenvalue weighted by Crippen LogP contribution is 2.37. The predicted molar refractivity (Wildman–Crippen MR) is 76.5 cm³/mol. The molecule has 0 aliphatic carbocycles. The van der Waals surface area contributed by atoms with E-state index in [4.69, 9.17) is 34.8 Å². The van der Waals surface area contributed by atoms with Crippen molar-refractivity contribution in [3.8, 4) is 0 Å². The Hall–Kier alpha value is -0.950. The van der Waals surface area contributed by atoms with Crippen LogP contribution in [0.15, 0.2) is 42.5 Å². The van der Waals surface area contributed by atoms with Crippen molar-refractivity contribution in [2.45, 2.75) is 0 Å². The third-order valence-corrected chi connectivity index (χ3v) is 3.64. The molecule has 0 bridgehead atoms. The minimum atomic E-state index is 0.586. The molecule has 0 amide bonds. The summed E-state index contributed by atoms with van der Waals surface area (Å²) >= 11 is 18.5. The van der Waals surface area contributed by atoms with E-state index in [1.807, 2.05) is 36.4 Å². The smallest absolute Gasteiger partial charge is 0.0514 e. The number of hydrogen-bond acceptors (Lipinski definition) is 0. The summed E-state index contributed by atoms with van der Waals surface area (Å²) in [5.41, 5.74) is 0. The fourth-order valence-electron chi connectivity index (χ4n) is 2.11. The molecule has 0 saturated carbocycles. The van der Waals surface area contributed by atoms with E-state index in [0.717, 1.165) is 21.5 Å². The van der Waals surface area contributed by atoms with Crippen LogP contribution in [0.3, 0.4) is 0 Å². The maximum atomic E-state index is 6.27. The van der Waals surface area contributed by atoms with Crippen LogP contribution in [0, 0.1) is 0 Å². The van der Waals surface area contributed by atoms with E-state index in [1.54, 1.807) is 6.07 Å². The zero-order valence-corrected chi connectivity index (χ0v) is 10.9. The number of hydrogen-bond donors (Lipinski definition) is 0. The molecule has 0 saturated heterocycles. The summed E-state index contributed by atoms with van der Waals surface area (Å²) < 4.78 is 0. The Balaban J connectivity index is 2.64. The first kappa shape index (κ1) is 11.2. The van der Waals surface area contributed by atoms with Crippen molar-refractivity contribution in [1.29, 1.82) is 0 Å². The van der Waals surface area contributed by atoms with Crippen LogP contribution in [0.5, 0.6) is 0 Å². The first-order valence-corrected chi connectivity index (χ1v) is 6.26. The van der Waals surface area contributed by atoms with Gasteiger partial charge in [-0.1, -0.05) is 59.1 Å². The normalized spacial score (nSPS) is 11.2. The summed E-state index contributed by atoms with van der Waals surface area (Å²) in [7, 11) is 0. The van der Waals surface area contributed by atoms with Crippen LogP contribution in [0.4, 0.5) is 0 Å². The van der Waals surface area contributed by atoms with Crippen molar-refractivity contribution in [3.63, 3.8) is 0 Å². The highest BCUT2D eigenvalue weighted by molar-refractivity contribution is 6.45. The zero-order chi connectivity index (χ0) is 12.0. The van der Waals surface area contributed by atoms with Gasteiger partial charge in [0.25, 0.3) is 0 Å². The van der Waals surface area contributed by atoms with E-state index in [1.165, 1.54) is 0 Å². The maximum Gasteiger partial charge on any atom is 0.0514 e. The third-order valence-electron chi connectivity index (χ3n) is 2.83. The van der Waals surface area contributed by atoms with Crippen LogP contribution in [0.2, 0.25) is 15.1 Å². The van der Waals surface area contributed by atoms with Crippen LogP contribution >= 0.6 is 34.8 Å². The van der Waals surface area contributed by atoms with Gasteiger partial charge in [-0.15, -0.1) is 0 Å². The fourth-order valence-corrected chi connectivity index (χ4v) is 3.07. The van der Waals surface area contributed by atoms with Gasteiger partial charge in [0.15, 0.2) is 0 Å². The lowest BCUT2D eigenvalue weighted by Gasteiger charge is -2.08. The molecule has 3 rings (SSSR count). The monoisotopic (exact) mass is 280 g/mol. The van der Waals surface area contributed by atoms with E-state index in [2.05, 4.69) is 0 Å². The van der Waals surface area contributed by atoms with Crippen molar-refractivity contribution in [2.75, 3.05) is 0 Å². The maximum absolute atomic E-state index is 6.27. The Kier molecular flexibility index (Phi) is 2.67. The zero-order valence-electron chi connectivity index (χ0n) is 8.68. The van der Waals surface area contributed by atoms with Gasteiger partial charge in [-0.05, 0) is 34.4 Å². The molecule has 0 heterocycles. The minimum Gasteiger partial charge on any atom is -0.0843 e. The van der Waals surface area contributed by atoms with Crippen molar-refractivity contribution < 1.29 is 0 Å². The average Bonchev–Trinajstić information content (AvgIpc) is 2.28. The van der Waals surface area contributed by atoms with Gasteiger partial charge in [0.2, 0.25) is 0 Å². The Morgan fingerprint density at radius 2 is 1.41 bits per heavy atom. The van der Waals surface area contributed by atoms with E-state index in [9.17, 15) is 0 Å². The molecule has 3 heteroatoms. The van der Waals surface area contributed by atoms with Crippen molar-refractivity contribution in [3.05, 3.63) is 57.5 Å². The third kappa shape index (κ3) is 1.77. The van der Waals surface area contributed by atoms with E-state index in [0.29, 0.717) is 15.1 Å². The van der Waals surface area contributed by atoms with Gasteiger partial charge < -0.3 is 0 Å². The molecule has 3 aromatic carbocycles. The molecule has 0 unspecified atom stereocenters. The van der Waals surface area contributed by atoms with Crippen LogP contribution in [-0.2, 0) is 0 Å². The molecule has 0 spiro atoms. The number of benzene rings is 3. The molecule has 0 N–H and O–H groups in total. The molecule has 0 aromatic heterocycles. The number of halogens is 3. The molecular weight excluding hydrogens is 275 g/mol. The van der Waals surface area contributed by atoms with Crippen molar-refractivity contribution in [1.82, 2.24) is 0 Å². The van der Waals surface area contributed by atoms with Crippen LogP contribution in [-0.4, -0.2) is 0 Å². The average molecular weight is 282 g/mol. The van der Waals surface area contributed by atoms with Gasteiger partial charge in [0, 0.05) is 10.4 Å². The Morgan fingerprint density at radius 3 is 2.24 bits per heavy atom. The summed E-state index contributed by atoms with van der Waals surface area (Å²) in [5, 5.41) is 5.90. The molecule has 17 heavy (non-hydrogen) atoms. The largest absolute Gasteiger partial charge is 0.0843 e. The summed E-state index contributed by atoms with van der Waals surface area (Å²) in [6, 6.07) is 13.6. The van der Waals surface area contributed by atoms with Crippen molar-refractivity contribution >= 4 is 56.3 Å². The molecular formula is C14H7Cl3. The minimum absolute atomic E-state index is 0.586. The van der Waals surface area contributed by atoms with Crippen LogP contribution in [0.25, 0.3) is 21.5 Å². The quantitative estimate of drug-likeness (QED) is 0.446. The second-order valence-corrected chi connectivity index (χ2v) is 5.14. The summed E-state index contributed by atoms with van der Waals surface area (Å²) in [6.45, 7) is 0. The lowest BCUT2D eigenvalue weighted by atomic mass is 10.0. The molecule has 0 nitrogen and oxygen atoms in total. The Bertz CT molecular complexity index is 732. The fraction of sp³-hybridized carbons (Fsp3) is 0. The van der Waals surface area contributed by atoms with Gasteiger partial charge in [-0.25, -0.2) is 0 Å². The lowest BCUT2D eigenvalue weighted by molar-refractivity contribution is 1.76. The van der Waals surface area contributed by atoms with E-state index >= 15 is 0 Å². The highest BCUT2D eigenvalue weighted by Gasteiger charge is 2.09. The molecule has 0 aliphatic rings. The molecule has 0 atom stereocenters. The van der Waals surface area contributed by atoms with Crippen LogP contribution < -0.4 is 0 Å². The Morgan fingerprint density at radius 1 is 0.706 bits per heavy atom. The molecule has 84 valence electrons. The molecule has 0 aliphatic heterocycles. The summed E-state index contributed by atoms with van der Waals surface area (Å²) in [5.74, 6) is 0. The number of fused-ring (bicyclic) bond motifs is 3. The second-order valence-electron chi connectivity index (χ2n) is 3.89. The van der Waals surface area contributed by atoms with E-state index in [-0.39, 0.29) is 0 Å². The van der Waals surface area contributed by atoms with Gasteiger partial charge in [0.05, 0.1) is 10.0 Å². The second kappa shape index (κ2) is 4.06.